The molecule has 140 valence electrons. The predicted molar refractivity (Wildman–Crippen MR) is 115 cm³/mol. The first-order chi connectivity index (χ1) is 13.6. The number of benzene rings is 2. The van der Waals surface area contributed by atoms with E-state index in [2.05, 4.69) is 18.0 Å². The summed E-state index contributed by atoms with van der Waals surface area (Å²) in [6, 6.07) is 17.4. The Bertz CT molecular complexity index is 1130. The van der Waals surface area contributed by atoms with Gasteiger partial charge in [-0.25, -0.2) is 4.98 Å². The smallest absolute Gasteiger partial charge is 0.233 e. The Morgan fingerprint density at radius 3 is 2.79 bits per heavy atom. The van der Waals surface area contributed by atoms with Gasteiger partial charge in [-0.05, 0) is 47.9 Å². The number of nitrogens with zero attached hydrogens (tertiary/aromatic N) is 3. The average molecular weight is 408 g/mol. The lowest BCUT2D eigenvalue weighted by Crippen LogP contribution is -2.31. The summed E-state index contributed by atoms with van der Waals surface area (Å²) in [5, 5.41) is 1.28. The van der Waals surface area contributed by atoms with Crippen molar-refractivity contribution in [3.8, 4) is 0 Å². The number of hydrogen-bond acceptors (Lipinski definition) is 4. The molecule has 2 aromatic carbocycles. The molecule has 0 radical (unpaired) electrons. The van der Waals surface area contributed by atoms with E-state index in [0.717, 1.165) is 21.3 Å². The molecule has 4 aromatic rings. The number of aromatic nitrogens is 2. The van der Waals surface area contributed by atoms with Crippen LogP contribution in [0.3, 0.4) is 0 Å². The second-order valence-corrected chi connectivity index (χ2v) is 7.99. The molecule has 0 saturated heterocycles. The summed E-state index contributed by atoms with van der Waals surface area (Å²) in [4.78, 5) is 23.8. The molecule has 0 bridgehead atoms. The summed E-state index contributed by atoms with van der Waals surface area (Å²) in [7, 11) is 0. The number of fused-ring (bicyclic) bond motifs is 1. The molecule has 6 heteroatoms. The van der Waals surface area contributed by atoms with Gasteiger partial charge in [-0.3, -0.25) is 14.7 Å². The fourth-order valence-corrected chi connectivity index (χ4v) is 4.25. The SMILES string of the molecule is Cc1ccc2nc(N(Cc3cccnc3)C(=O)Cc3ccccc3Cl)sc2c1. The van der Waals surface area contributed by atoms with E-state index >= 15 is 0 Å². The number of halogens is 1. The normalized spacial score (nSPS) is 10.9. The molecule has 0 N–H and O–H groups in total. The molecule has 1 amide bonds. The maximum Gasteiger partial charge on any atom is 0.233 e. The van der Waals surface area contributed by atoms with Crippen LogP contribution in [0, 0.1) is 6.92 Å². The van der Waals surface area contributed by atoms with Gasteiger partial charge in [-0.15, -0.1) is 0 Å². The molecule has 0 atom stereocenters. The Labute approximate surface area is 172 Å². The first-order valence-corrected chi connectivity index (χ1v) is 10.1. The van der Waals surface area contributed by atoms with Gasteiger partial charge in [0.15, 0.2) is 5.13 Å². The second-order valence-electron chi connectivity index (χ2n) is 6.58. The van der Waals surface area contributed by atoms with Crippen LogP contribution in [0.1, 0.15) is 16.7 Å². The third-order valence-corrected chi connectivity index (χ3v) is 5.84. The number of amides is 1. The number of rotatable bonds is 5. The van der Waals surface area contributed by atoms with Gasteiger partial charge in [-0.1, -0.05) is 53.3 Å². The van der Waals surface area contributed by atoms with Crippen molar-refractivity contribution in [3.63, 3.8) is 0 Å². The van der Waals surface area contributed by atoms with E-state index in [9.17, 15) is 4.79 Å². The summed E-state index contributed by atoms with van der Waals surface area (Å²) in [6.07, 6.45) is 3.71. The number of anilines is 1. The summed E-state index contributed by atoms with van der Waals surface area (Å²) < 4.78 is 1.07. The lowest BCUT2D eigenvalue weighted by Gasteiger charge is -2.20. The quantitative estimate of drug-likeness (QED) is 0.443. The number of carbonyl (C=O) groups excluding carboxylic acids is 1. The Balaban J connectivity index is 1.70. The lowest BCUT2D eigenvalue weighted by atomic mass is 10.1. The van der Waals surface area contributed by atoms with E-state index in [1.807, 2.05) is 42.5 Å². The highest BCUT2D eigenvalue weighted by atomic mass is 35.5. The maximum atomic E-state index is 13.2. The highest BCUT2D eigenvalue weighted by Crippen LogP contribution is 2.31. The van der Waals surface area contributed by atoms with Crippen molar-refractivity contribution in [2.45, 2.75) is 19.9 Å². The van der Waals surface area contributed by atoms with E-state index in [0.29, 0.717) is 16.7 Å². The van der Waals surface area contributed by atoms with Crippen molar-refractivity contribution >= 4 is 44.2 Å². The van der Waals surface area contributed by atoms with Crippen molar-refractivity contribution in [2.75, 3.05) is 4.90 Å². The maximum absolute atomic E-state index is 13.2. The minimum absolute atomic E-state index is 0.0484. The van der Waals surface area contributed by atoms with Crippen molar-refractivity contribution in [2.24, 2.45) is 0 Å². The predicted octanol–water partition coefficient (Wildman–Crippen LogP) is 5.43. The van der Waals surface area contributed by atoms with Crippen LogP contribution >= 0.6 is 22.9 Å². The fourth-order valence-electron chi connectivity index (χ4n) is 2.97. The molecule has 0 fully saturated rings. The molecule has 0 aliphatic rings. The van der Waals surface area contributed by atoms with Gasteiger partial charge in [0.25, 0.3) is 0 Å². The highest BCUT2D eigenvalue weighted by molar-refractivity contribution is 7.22. The van der Waals surface area contributed by atoms with Crippen LogP contribution in [0.25, 0.3) is 10.2 Å². The summed E-state index contributed by atoms with van der Waals surface area (Å²) in [5.41, 5.74) is 3.82. The Kier molecular flexibility index (Phi) is 5.37. The van der Waals surface area contributed by atoms with Crippen LogP contribution in [0.5, 0.6) is 0 Å². The van der Waals surface area contributed by atoms with Crippen molar-refractivity contribution < 1.29 is 4.79 Å². The van der Waals surface area contributed by atoms with Gasteiger partial charge in [0.05, 0.1) is 23.2 Å². The van der Waals surface area contributed by atoms with E-state index in [4.69, 9.17) is 16.6 Å². The molecule has 28 heavy (non-hydrogen) atoms. The first kappa shape index (κ1) is 18.6. The van der Waals surface area contributed by atoms with Crippen LogP contribution in [0.4, 0.5) is 5.13 Å². The van der Waals surface area contributed by atoms with Crippen LogP contribution < -0.4 is 4.90 Å². The van der Waals surface area contributed by atoms with Crippen molar-refractivity contribution in [1.82, 2.24) is 9.97 Å². The highest BCUT2D eigenvalue weighted by Gasteiger charge is 2.21. The number of carbonyl (C=O) groups is 1. The lowest BCUT2D eigenvalue weighted by molar-refractivity contribution is -0.118. The molecule has 2 aromatic heterocycles. The summed E-state index contributed by atoms with van der Waals surface area (Å²) in [5.74, 6) is -0.0484. The Morgan fingerprint density at radius 1 is 1.14 bits per heavy atom. The van der Waals surface area contributed by atoms with Gasteiger partial charge < -0.3 is 0 Å². The van der Waals surface area contributed by atoms with E-state index < -0.39 is 0 Å². The zero-order chi connectivity index (χ0) is 19.5. The van der Waals surface area contributed by atoms with Gasteiger partial charge in [0, 0.05) is 17.4 Å². The fraction of sp³-hybridized carbons (Fsp3) is 0.136. The first-order valence-electron chi connectivity index (χ1n) is 8.90. The third kappa shape index (κ3) is 4.06. The zero-order valence-electron chi connectivity index (χ0n) is 15.3. The monoisotopic (exact) mass is 407 g/mol. The summed E-state index contributed by atoms with van der Waals surface area (Å²) in [6.45, 7) is 2.46. The Hall–Kier alpha value is -2.76. The van der Waals surface area contributed by atoms with Gasteiger partial charge in [-0.2, -0.15) is 0 Å². The molecule has 0 aliphatic heterocycles. The Morgan fingerprint density at radius 2 is 2.00 bits per heavy atom. The number of hydrogen-bond donors (Lipinski definition) is 0. The largest absolute Gasteiger partial charge is 0.283 e. The topological polar surface area (TPSA) is 46.1 Å². The molecule has 4 rings (SSSR count). The van der Waals surface area contributed by atoms with E-state index in [1.165, 1.54) is 16.9 Å². The van der Waals surface area contributed by atoms with Crippen LogP contribution in [-0.2, 0) is 17.8 Å². The van der Waals surface area contributed by atoms with E-state index in [1.54, 1.807) is 23.4 Å². The number of aryl methyl sites for hydroxylation is 1. The minimum Gasteiger partial charge on any atom is -0.283 e. The zero-order valence-corrected chi connectivity index (χ0v) is 16.9. The summed E-state index contributed by atoms with van der Waals surface area (Å²) >= 11 is 7.79. The molecule has 0 aliphatic carbocycles. The average Bonchev–Trinajstić information content (AvgIpc) is 3.11. The van der Waals surface area contributed by atoms with Crippen LogP contribution in [0.2, 0.25) is 5.02 Å². The number of thiazole rings is 1. The molecule has 2 heterocycles. The van der Waals surface area contributed by atoms with Crippen molar-refractivity contribution in [1.29, 1.82) is 0 Å². The number of pyridine rings is 1. The van der Waals surface area contributed by atoms with Gasteiger partial charge >= 0.3 is 0 Å². The minimum atomic E-state index is -0.0484. The molecular weight excluding hydrogens is 390 g/mol. The van der Waals surface area contributed by atoms with E-state index in [-0.39, 0.29) is 12.3 Å². The van der Waals surface area contributed by atoms with Gasteiger partial charge in [0.2, 0.25) is 5.91 Å². The second kappa shape index (κ2) is 8.09. The van der Waals surface area contributed by atoms with Gasteiger partial charge in [0.1, 0.15) is 0 Å². The molecule has 0 unspecified atom stereocenters. The third-order valence-electron chi connectivity index (χ3n) is 4.43. The molecule has 4 nitrogen and oxygen atoms in total. The standard InChI is InChI=1S/C22H18ClN3OS/c1-15-8-9-19-20(11-15)28-22(25-19)26(14-16-5-4-10-24-13-16)21(27)12-17-6-2-3-7-18(17)23/h2-11,13H,12,14H2,1H3. The molecular formula is C22H18ClN3OS. The van der Waals surface area contributed by atoms with Crippen LogP contribution in [0.15, 0.2) is 67.0 Å². The molecule has 0 saturated carbocycles. The molecule has 0 spiro atoms. The van der Waals surface area contributed by atoms with Crippen LogP contribution in [-0.4, -0.2) is 15.9 Å². The van der Waals surface area contributed by atoms with Crippen molar-refractivity contribution in [3.05, 3.63) is 88.7 Å².